The third-order valence-electron chi connectivity index (χ3n) is 4.25. The minimum atomic E-state index is -3.69. The van der Waals surface area contributed by atoms with E-state index < -0.39 is 15.9 Å². The number of thioether (sulfide) groups is 1. The van der Waals surface area contributed by atoms with E-state index in [1.165, 1.54) is 34.3 Å². The number of hydrogen-bond donors (Lipinski definition) is 2. The molecule has 0 aliphatic carbocycles. The van der Waals surface area contributed by atoms with Crippen LogP contribution in [-0.4, -0.2) is 43.1 Å². The molecule has 0 saturated carbocycles. The maximum Gasteiger partial charge on any atom is 0.256 e. The summed E-state index contributed by atoms with van der Waals surface area (Å²) < 4.78 is 26.7. The Hall–Kier alpha value is -2.03. The molecule has 1 amide bonds. The molecular formula is C19H24N2O4S2. The van der Waals surface area contributed by atoms with E-state index in [2.05, 4.69) is 5.32 Å². The number of carbonyl (C=O) groups is 1. The van der Waals surface area contributed by atoms with Crippen molar-refractivity contribution in [2.75, 3.05) is 24.7 Å². The average molecular weight is 409 g/mol. The van der Waals surface area contributed by atoms with Gasteiger partial charge >= 0.3 is 0 Å². The van der Waals surface area contributed by atoms with Crippen LogP contribution in [0.2, 0.25) is 0 Å². The highest BCUT2D eigenvalue weighted by atomic mass is 32.2. The molecule has 2 aromatic carbocycles. The number of nitrogens with one attached hydrogen (secondary N) is 1. The van der Waals surface area contributed by atoms with Crippen LogP contribution in [-0.2, 0) is 10.0 Å². The fraction of sp³-hybridized carbons (Fsp3) is 0.316. The van der Waals surface area contributed by atoms with Gasteiger partial charge in [-0.25, -0.2) is 8.42 Å². The molecule has 0 atom stereocenters. The van der Waals surface area contributed by atoms with Gasteiger partial charge in [0.25, 0.3) is 5.91 Å². The van der Waals surface area contributed by atoms with Gasteiger partial charge in [-0.2, -0.15) is 4.31 Å². The summed E-state index contributed by atoms with van der Waals surface area (Å²) in [5, 5.41) is 12.7. The summed E-state index contributed by atoms with van der Waals surface area (Å²) in [5.41, 5.74) is 1.32. The number of hydrogen-bond acceptors (Lipinski definition) is 5. The summed E-state index contributed by atoms with van der Waals surface area (Å²) in [6.45, 7) is 6.00. The van der Waals surface area contributed by atoms with Crippen molar-refractivity contribution in [3.63, 3.8) is 0 Å². The topological polar surface area (TPSA) is 86.7 Å². The molecule has 0 bridgehead atoms. The number of sulfonamides is 1. The predicted octanol–water partition coefficient (Wildman–Crippen LogP) is 3.71. The van der Waals surface area contributed by atoms with Crippen LogP contribution < -0.4 is 5.32 Å². The summed E-state index contributed by atoms with van der Waals surface area (Å²) in [5.74, 6) is -0.600. The number of anilines is 1. The second-order valence-electron chi connectivity index (χ2n) is 5.90. The van der Waals surface area contributed by atoms with Crippen molar-refractivity contribution in [2.24, 2.45) is 0 Å². The van der Waals surface area contributed by atoms with Crippen LogP contribution in [0.15, 0.2) is 46.2 Å². The lowest BCUT2D eigenvalue weighted by atomic mass is 10.1. The first kappa shape index (κ1) is 21.3. The number of phenols is 1. The van der Waals surface area contributed by atoms with Gasteiger partial charge in [-0.1, -0.05) is 19.9 Å². The van der Waals surface area contributed by atoms with E-state index in [9.17, 15) is 18.3 Å². The molecule has 8 heteroatoms. The predicted molar refractivity (Wildman–Crippen MR) is 109 cm³/mol. The number of aromatic hydroxyl groups is 1. The Balaban J connectivity index is 2.39. The molecule has 2 N–H and O–H groups in total. The summed E-state index contributed by atoms with van der Waals surface area (Å²) in [7, 11) is -3.69. The van der Waals surface area contributed by atoms with Crippen molar-refractivity contribution in [1.29, 1.82) is 0 Å². The molecule has 6 nitrogen and oxygen atoms in total. The Bertz CT molecular complexity index is 939. The summed E-state index contributed by atoms with van der Waals surface area (Å²) in [4.78, 5) is 13.6. The molecule has 2 rings (SSSR count). The molecule has 0 aromatic heterocycles. The quantitative estimate of drug-likeness (QED) is 0.539. The zero-order valence-corrected chi connectivity index (χ0v) is 17.4. The highest BCUT2D eigenvalue weighted by Crippen LogP contribution is 2.29. The first-order valence-corrected chi connectivity index (χ1v) is 11.2. The number of amides is 1. The van der Waals surface area contributed by atoms with Crippen molar-refractivity contribution in [1.82, 2.24) is 4.31 Å². The van der Waals surface area contributed by atoms with E-state index in [1.807, 2.05) is 25.3 Å². The van der Waals surface area contributed by atoms with Crippen LogP contribution in [0.25, 0.3) is 0 Å². The van der Waals surface area contributed by atoms with E-state index in [0.29, 0.717) is 18.7 Å². The normalized spacial score (nSPS) is 11.6. The number of nitrogens with zero attached hydrogens (tertiary/aromatic N) is 1. The monoisotopic (exact) mass is 408 g/mol. The second kappa shape index (κ2) is 8.77. The first-order chi connectivity index (χ1) is 12.7. The Morgan fingerprint density at radius 1 is 1.15 bits per heavy atom. The number of rotatable bonds is 7. The minimum absolute atomic E-state index is 0.0221. The number of carbonyl (C=O) groups excluding carboxylic acids is 1. The van der Waals surface area contributed by atoms with E-state index >= 15 is 0 Å². The van der Waals surface area contributed by atoms with Crippen molar-refractivity contribution in [3.05, 3.63) is 47.5 Å². The van der Waals surface area contributed by atoms with Crippen LogP contribution >= 0.6 is 11.8 Å². The molecule has 0 heterocycles. The first-order valence-electron chi connectivity index (χ1n) is 8.53. The molecule has 27 heavy (non-hydrogen) atoms. The maximum atomic E-state index is 12.7. The van der Waals surface area contributed by atoms with Crippen LogP contribution in [0, 0.1) is 6.92 Å². The summed E-state index contributed by atoms with van der Waals surface area (Å²) in [6, 6.07) is 9.43. The molecule has 2 aromatic rings. The molecular weight excluding hydrogens is 384 g/mol. The Morgan fingerprint density at radius 3 is 2.41 bits per heavy atom. The van der Waals surface area contributed by atoms with Crippen LogP contribution in [0.1, 0.15) is 29.8 Å². The van der Waals surface area contributed by atoms with E-state index in [-0.39, 0.29) is 16.3 Å². The third-order valence-corrected chi connectivity index (χ3v) is 7.02. The maximum absolute atomic E-state index is 12.7. The smallest absolute Gasteiger partial charge is 0.256 e. The Morgan fingerprint density at radius 2 is 1.81 bits per heavy atom. The van der Waals surface area contributed by atoms with Crippen molar-refractivity contribution < 1.29 is 18.3 Å². The molecule has 0 unspecified atom stereocenters. The summed E-state index contributed by atoms with van der Waals surface area (Å²) >= 11 is 1.52. The van der Waals surface area contributed by atoms with Gasteiger partial charge in [0.05, 0.1) is 10.6 Å². The largest absolute Gasteiger partial charge is 0.506 e. The van der Waals surface area contributed by atoms with Crippen LogP contribution in [0.5, 0.6) is 5.75 Å². The molecule has 0 spiro atoms. The summed E-state index contributed by atoms with van der Waals surface area (Å²) in [6.07, 6.45) is 1.92. The van der Waals surface area contributed by atoms with Crippen molar-refractivity contribution in [3.8, 4) is 5.75 Å². The molecule has 0 radical (unpaired) electrons. The number of aryl methyl sites for hydroxylation is 1. The van der Waals surface area contributed by atoms with Gasteiger partial charge in [0, 0.05) is 23.5 Å². The van der Waals surface area contributed by atoms with Gasteiger partial charge in [-0.3, -0.25) is 4.79 Å². The zero-order valence-electron chi connectivity index (χ0n) is 15.8. The van der Waals surface area contributed by atoms with Gasteiger partial charge in [0.2, 0.25) is 10.0 Å². The van der Waals surface area contributed by atoms with Gasteiger partial charge in [0.1, 0.15) is 5.75 Å². The molecule has 146 valence electrons. The van der Waals surface area contributed by atoms with Crippen LogP contribution in [0.4, 0.5) is 5.69 Å². The fourth-order valence-corrected chi connectivity index (χ4v) is 4.58. The van der Waals surface area contributed by atoms with Gasteiger partial charge < -0.3 is 10.4 Å². The third kappa shape index (κ3) is 4.63. The van der Waals surface area contributed by atoms with E-state index in [1.54, 1.807) is 19.9 Å². The highest BCUT2D eigenvalue weighted by Gasteiger charge is 2.23. The molecule has 0 aliphatic rings. The number of benzene rings is 2. The average Bonchev–Trinajstić information content (AvgIpc) is 2.64. The van der Waals surface area contributed by atoms with Gasteiger partial charge in [-0.15, -0.1) is 11.8 Å². The van der Waals surface area contributed by atoms with Gasteiger partial charge in [0.15, 0.2) is 0 Å². The molecule has 0 fully saturated rings. The Labute approximate surface area is 164 Å². The highest BCUT2D eigenvalue weighted by molar-refractivity contribution is 7.98. The Kier molecular flexibility index (Phi) is 6.91. The number of phenolic OH excluding ortho intramolecular Hbond substituents is 1. The lowest BCUT2D eigenvalue weighted by Gasteiger charge is -2.19. The fourth-order valence-electron chi connectivity index (χ4n) is 2.65. The van der Waals surface area contributed by atoms with E-state index in [4.69, 9.17) is 0 Å². The van der Waals surface area contributed by atoms with E-state index in [0.717, 1.165) is 10.5 Å². The lowest BCUT2D eigenvalue weighted by Crippen LogP contribution is -2.30. The SMILES string of the molecule is CCN(CC)S(=O)(=O)c1ccc(O)c(NC(=O)c2cc(SC)ccc2C)c1. The van der Waals surface area contributed by atoms with Crippen molar-refractivity contribution >= 4 is 33.4 Å². The standard InChI is InChI=1S/C19H24N2O4S2/c1-5-21(6-2)27(24,25)15-9-10-18(22)17(12-15)20-19(23)16-11-14(26-4)8-7-13(16)3/h7-12,22H,5-6H2,1-4H3,(H,20,23). The molecule has 0 aliphatic heterocycles. The lowest BCUT2D eigenvalue weighted by molar-refractivity contribution is 0.102. The van der Waals surface area contributed by atoms with Gasteiger partial charge in [-0.05, 0) is 49.1 Å². The van der Waals surface area contributed by atoms with Crippen molar-refractivity contribution in [2.45, 2.75) is 30.6 Å². The minimum Gasteiger partial charge on any atom is -0.506 e. The molecule has 0 saturated heterocycles. The second-order valence-corrected chi connectivity index (χ2v) is 8.72. The zero-order chi connectivity index (χ0) is 20.2. The van der Waals surface area contributed by atoms with Crippen LogP contribution in [0.3, 0.4) is 0 Å².